The van der Waals surface area contributed by atoms with E-state index in [9.17, 15) is 4.79 Å². The normalized spacial score (nSPS) is 12.4. The highest BCUT2D eigenvalue weighted by Crippen LogP contribution is 2.31. The Hall–Kier alpha value is -0.830. The summed E-state index contributed by atoms with van der Waals surface area (Å²) in [6, 6.07) is 11.0. The Labute approximate surface area is 108 Å². The molecule has 0 spiro atoms. The van der Waals surface area contributed by atoms with Gasteiger partial charge in [0.2, 0.25) is 0 Å². The third kappa shape index (κ3) is 2.29. The lowest BCUT2D eigenvalue weighted by atomic mass is 10.1. The summed E-state index contributed by atoms with van der Waals surface area (Å²) in [5.41, 5.74) is 0.790. The molecule has 1 nitrogen and oxygen atoms in total. The number of carbonyl (C=O) groups excluding carboxylic acids is 1. The Morgan fingerprint density at radius 3 is 2.44 bits per heavy atom. The summed E-state index contributed by atoms with van der Waals surface area (Å²) < 4.78 is 0. The molecule has 4 heteroatoms. The molecule has 82 valence electrons. The SMILES string of the molecule is O=C(c1sccc1Cl)C(Cl)c1ccccc1. The minimum Gasteiger partial charge on any atom is -0.291 e. The van der Waals surface area contributed by atoms with Crippen LogP contribution in [0.3, 0.4) is 0 Å². The van der Waals surface area contributed by atoms with Crippen molar-refractivity contribution in [2.45, 2.75) is 5.38 Å². The molecule has 2 rings (SSSR count). The van der Waals surface area contributed by atoms with Crippen molar-refractivity contribution in [3.63, 3.8) is 0 Å². The highest BCUT2D eigenvalue weighted by Gasteiger charge is 2.22. The highest BCUT2D eigenvalue weighted by molar-refractivity contribution is 7.13. The lowest BCUT2D eigenvalue weighted by molar-refractivity contribution is 0.0991. The van der Waals surface area contributed by atoms with Gasteiger partial charge < -0.3 is 0 Å². The Morgan fingerprint density at radius 1 is 1.19 bits per heavy atom. The van der Waals surface area contributed by atoms with Crippen LogP contribution in [0.4, 0.5) is 0 Å². The van der Waals surface area contributed by atoms with Crippen molar-refractivity contribution >= 4 is 40.3 Å². The van der Waals surface area contributed by atoms with Crippen molar-refractivity contribution in [1.29, 1.82) is 0 Å². The molecule has 0 N–H and O–H groups in total. The number of benzene rings is 1. The van der Waals surface area contributed by atoms with Gasteiger partial charge in [-0.2, -0.15) is 0 Å². The van der Waals surface area contributed by atoms with E-state index < -0.39 is 5.38 Å². The third-order valence-corrected chi connectivity index (χ3v) is 3.97. The van der Waals surface area contributed by atoms with Crippen molar-refractivity contribution in [3.8, 4) is 0 Å². The molecular formula is C12H8Cl2OS. The third-order valence-electron chi connectivity index (χ3n) is 2.16. The average molecular weight is 271 g/mol. The number of alkyl halides is 1. The Balaban J connectivity index is 2.27. The summed E-state index contributed by atoms with van der Waals surface area (Å²) in [5.74, 6) is -0.145. The second kappa shape index (κ2) is 5.00. The van der Waals surface area contributed by atoms with E-state index in [4.69, 9.17) is 23.2 Å². The molecule has 1 aromatic heterocycles. The van der Waals surface area contributed by atoms with Crippen molar-refractivity contribution in [2.24, 2.45) is 0 Å². The Kier molecular flexibility index (Phi) is 3.64. The molecule has 1 atom stereocenters. The molecule has 0 bridgehead atoms. The standard InChI is InChI=1S/C12H8Cl2OS/c13-9-6-7-16-12(9)11(15)10(14)8-4-2-1-3-5-8/h1-7,10H. The first kappa shape index (κ1) is 11.6. The number of Topliss-reactive ketones (excluding diaryl/α,β-unsaturated/α-hetero) is 1. The first-order valence-electron chi connectivity index (χ1n) is 4.66. The molecule has 1 unspecified atom stereocenters. The van der Waals surface area contributed by atoms with Crippen molar-refractivity contribution in [2.75, 3.05) is 0 Å². The van der Waals surface area contributed by atoms with E-state index in [1.54, 1.807) is 11.4 Å². The van der Waals surface area contributed by atoms with Crippen LogP contribution in [0.1, 0.15) is 20.6 Å². The summed E-state index contributed by atoms with van der Waals surface area (Å²) in [6.07, 6.45) is 0. The second-order valence-corrected chi connectivity index (χ2v) is 4.99. The van der Waals surface area contributed by atoms with Crippen LogP contribution in [0.5, 0.6) is 0 Å². The van der Waals surface area contributed by atoms with E-state index in [1.165, 1.54) is 11.3 Å². The number of halogens is 2. The maximum atomic E-state index is 12.0. The van der Waals surface area contributed by atoms with Gasteiger partial charge in [-0.1, -0.05) is 41.9 Å². The zero-order valence-electron chi connectivity index (χ0n) is 8.19. The van der Waals surface area contributed by atoms with Crippen molar-refractivity contribution in [3.05, 3.63) is 57.2 Å². The topological polar surface area (TPSA) is 17.1 Å². The predicted molar refractivity (Wildman–Crippen MR) is 68.7 cm³/mol. The molecule has 1 heterocycles. The van der Waals surface area contributed by atoms with Gasteiger partial charge in [0, 0.05) is 0 Å². The number of rotatable bonds is 3. The Bertz CT molecular complexity index is 493. The van der Waals surface area contributed by atoms with Crippen LogP contribution in [0.2, 0.25) is 5.02 Å². The van der Waals surface area contributed by atoms with Crippen LogP contribution >= 0.6 is 34.5 Å². The molecule has 1 aromatic carbocycles. The number of carbonyl (C=O) groups is 1. The zero-order chi connectivity index (χ0) is 11.5. The van der Waals surface area contributed by atoms with Gasteiger partial charge in [0.15, 0.2) is 5.78 Å². The average Bonchev–Trinajstić information content (AvgIpc) is 2.75. The summed E-state index contributed by atoms with van der Waals surface area (Å²) in [4.78, 5) is 12.5. The maximum Gasteiger partial charge on any atom is 0.196 e. The van der Waals surface area contributed by atoms with Gasteiger partial charge in [0.05, 0.1) is 9.90 Å². The van der Waals surface area contributed by atoms with E-state index in [-0.39, 0.29) is 5.78 Å². The minimum absolute atomic E-state index is 0.145. The molecule has 2 aromatic rings. The first-order valence-corrected chi connectivity index (χ1v) is 6.36. The van der Waals surface area contributed by atoms with Gasteiger partial charge in [0.1, 0.15) is 5.38 Å². The van der Waals surface area contributed by atoms with E-state index in [1.807, 2.05) is 30.3 Å². The van der Waals surface area contributed by atoms with Crippen LogP contribution in [0.25, 0.3) is 0 Å². The molecule has 0 saturated heterocycles. The van der Waals surface area contributed by atoms with Crippen LogP contribution in [0, 0.1) is 0 Å². The monoisotopic (exact) mass is 270 g/mol. The number of hydrogen-bond acceptors (Lipinski definition) is 2. The largest absolute Gasteiger partial charge is 0.291 e. The molecule has 16 heavy (non-hydrogen) atoms. The summed E-state index contributed by atoms with van der Waals surface area (Å²) in [6.45, 7) is 0. The van der Waals surface area contributed by atoms with Crippen LogP contribution in [-0.2, 0) is 0 Å². The smallest absolute Gasteiger partial charge is 0.196 e. The van der Waals surface area contributed by atoms with Gasteiger partial charge in [-0.05, 0) is 17.0 Å². The molecule has 0 fully saturated rings. The molecule has 0 radical (unpaired) electrons. The fourth-order valence-corrected chi connectivity index (χ4v) is 2.80. The van der Waals surface area contributed by atoms with Gasteiger partial charge in [-0.25, -0.2) is 0 Å². The lowest BCUT2D eigenvalue weighted by Gasteiger charge is -2.07. The highest BCUT2D eigenvalue weighted by atomic mass is 35.5. The van der Waals surface area contributed by atoms with Gasteiger partial charge in [-0.3, -0.25) is 4.79 Å². The van der Waals surface area contributed by atoms with Crippen LogP contribution in [-0.4, -0.2) is 5.78 Å². The van der Waals surface area contributed by atoms with E-state index in [0.29, 0.717) is 9.90 Å². The molecule has 0 aliphatic carbocycles. The minimum atomic E-state index is -0.669. The van der Waals surface area contributed by atoms with E-state index in [2.05, 4.69) is 0 Å². The van der Waals surface area contributed by atoms with E-state index in [0.717, 1.165) is 5.56 Å². The fourth-order valence-electron chi connectivity index (χ4n) is 1.36. The summed E-state index contributed by atoms with van der Waals surface area (Å²) in [7, 11) is 0. The van der Waals surface area contributed by atoms with Crippen LogP contribution in [0.15, 0.2) is 41.8 Å². The van der Waals surface area contributed by atoms with Crippen LogP contribution < -0.4 is 0 Å². The predicted octanol–water partition coefficient (Wildman–Crippen LogP) is 4.56. The first-order chi connectivity index (χ1) is 7.70. The molecule has 0 aliphatic rings. The second-order valence-electron chi connectivity index (χ2n) is 3.24. The summed E-state index contributed by atoms with van der Waals surface area (Å²) >= 11 is 13.3. The number of hydrogen-bond donors (Lipinski definition) is 0. The van der Waals surface area contributed by atoms with E-state index >= 15 is 0 Å². The Morgan fingerprint density at radius 2 is 1.88 bits per heavy atom. The molecule has 0 aliphatic heterocycles. The zero-order valence-corrected chi connectivity index (χ0v) is 10.5. The van der Waals surface area contributed by atoms with Gasteiger partial charge >= 0.3 is 0 Å². The van der Waals surface area contributed by atoms with Gasteiger partial charge in [0.25, 0.3) is 0 Å². The maximum absolute atomic E-state index is 12.0. The van der Waals surface area contributed by atoms with Crippen molar-refractivity contribution < 1.29 is 4.79 Å². The summed E-state index contributed by atoms with van der Waals surface area (Å²) in [5, 5.41) is 1.58. The van der Waals surface area contributed by atoms with Gasteiger partial charge in [-0.15, -0.1) is 22.9 Å². The van der Waals surface area contributed by atoms with Crippen molar-refractivity contribution in [1.82, 2.24) is 0 Å². The lowest BCUT2D eigenvalue weighted by Crippen LogP contribution is -2.05. The quantitative estimate of drug-likeness (QED) is 0.590. The molecule has 0 amide bonds. The molecule has 0 saturated carbocycles. The fraction of sp³-hybridized carbons (Fsp3) is 0.0833. The number of thiophene rings is 1. The number of ketones is 1. The molecular weight excluding hydrogens is 263 g/mol.